The summed E-state index contributed by atoms with van der Waals surface area (Å²) < 4.78 is 10.3. The molecule has 1 unspecified atom stereocenters. The lowest BCUT2D eigenvalue weighted by atomic mass is 9.93. The number of hydrogen-bond acceptors (Lipinski definition) is 5. The monoisotopic (exact) mass is 434 g/mol. The molecule has 0 fully saturated rings. The third kappa shape index (κ3) is 5.44. The number of carbonyl (C=O) groups excluding carboxylic acids is 2. The molecule has 0 saturated heterocycles. The van der Waals surface area contributed by atoms with Crippen LogP contribution in [0.4, 0.5) is 5.69 Å². The van der Waals surface area contributed by atoms with Gasteiger partial charge in [-0.2, -0.15) is 0 Å². The summed E-state index contributed by atoms with van der Waals surface area (Å²) in [5.41, 5.74) is 1.68. The Balaban J connectivity index is 1.61. The Morgan fingerprint density at radius 3 is 2.16 bits per heavy atom. The van der Waals surface area contributed by atoms with Gasteiger partial charge >= 0.3 is 11.8 Å². The summed E-state index contributed by atoms with van der Waals surface area (Å²) in [6.07, 6.45) is 0. The van der Waals surface area contributed by atoms with Crippen LogP contribution < -0.4 is 20.1 Å². The number of nitrogens with one attached hydrogen (secondary N) is 2. The number of aliphatic hydroxyl groups is 1. The quantitative estimate of drug-likeness (QED) is 0.496. The van der Waals surface area contributed by atoms with Crippen molar-refractivity contribution in [1.82, 2.24) is 5.32 Å². The first kappa shape index (κ1) is 22.8. The molecule has 0 bridgehead atoms. The lowest BCUT2D eigenvalue weighted by Gasteiger charge is -2.24. The van der Waals surface area contributed by atoms with Crippen molar-refractivity contribution >= 4 is 17.5 Å². The fourth-order valence-corrected chi connectivity index (χ4v) is 3.17. The minimum absolute atomic E-state index is 0.135. The lowest BCUT2D eigenvalue weighted by Crippen LogP contribution is -2.43. The van der Waals surface area contributed by atoms with Crippen molar-refractivity contribution in [3.8, 4) is 22.6 Å². The predicted molar refractivity (Wildman–Crippen MR) is 123 cm³/mol. The molecule has 3 rings (SSSR count). The van der Waals surface area contributed by atoms with Crippen LogP contribution in [0.5, 0.6) is 11.5 Å². The zero-order chi connectivity index (χ0) is 23.1. The fourth-order valence-electron chi connectivity index (χ4n) is 3.17. The largest absolute Gasteiger partial charge is 0.497 e. The van der Waals surface area contributed by atoms with E-state index in [2.05, 4.69) is 10.6 Å². The molecule has 0 aliphatic carbocycles. The van der Waals surface area contributed by atoms with E-state index in [0.717, 1.165) is 11.1 Å². The van der Waals surface area contributed by atoms with Gasteiger partial charge in [-0.3, -0.25) is 9.59 Å². The van der Waals surface area contributed by atoms with Gasteiger partial charge in [-0.05, 0) is 35.7 Å². The molecule has 3 aromatic rings. The molecule has 166 valence electrons. The van der Waals surface area contributed by atoms with Gasteiger partial charge < -0.3 is 25.2 Å². The average Bonchev–Trinajstić information content (AvgIpc) is 2.83. The van der Waals surface area contributed by atoms with E-state index in [1.165, 1.54) is 14.2 Å². The molecular formula is C25H26N2O5. The Hall–Kier alpha value is -3.84. The first-order valence-electron chi connectivity index (χ1n) is 10.0. The van der Waals surface area contributed by atoms with Crippen molar-refractivity contribution < 1.29 is 24.2 Å². The maximum Gasteiger partial charge on any atom is 0.313 e. The summed E-state index contributed by atoms with van der Waals surface area (Å²) in [7, 11) is 2.96. The van der Waals surface area contributed by atoms with Crippen LogP contribution >= 0.6 is 0 Å². The van der Waals surface area contributed by atoms with Crippen molar-refractivity contribution in [3.63, 3.8) is 0 Å². The van der Waals surface area contributed by atoms with E-state index in [0.29, 0.717) is 22.7 Å². The molecule has 0 heterocycles. The zero-order valence-corrected chi connectivity index (χ0v) is 18.2. The van der Waals surface area contributed by atoms with Crippen molar-refractivity contribution in [1.29, 1.82) is 0 Å². The van der Waals surface area contributed by atoms with E-state index < -0.39 is 17.4 Å². The first-order valence-corrected chi connectivity index (χ1v) is 10.0. The number of benzene rings is 3. The van der Waals surface area contributed by atoms with Gasteiger partial charge in [0.15, 0.2) is 0 Å². The number of ether oxygens (including phenoxy) is 2. The maximum atomic E-state index is 12.3. The average molecular weight is 434 g/mol. The van der Waals surface area contributed by atoms with Crippen molar-refractivity contribution in [2.75, 3.05) is 26.1 Å². The molecule has 1 atom stereocenters. The highest BCUT2D eigenvalue weighted by molar-refractivity contribution is 6.39. The molecule has 0 spiro atoms. The van der Waals surface area contributed by atoms with Gasteiger partial charge in [-0.15, -0.1) is 0 Å². The molecular weight excluding hydrogens is 408 g/mol. The molecule has 7 heteroatoms. The van der Waals surface area contributed by atoms with Gasteiger partial charge in [-0.1, -0.05) is 54.6 Å². The van der Waals surface area contributed by atoms with Crippen LogP contribution in [-0.4, -0.2) is 37.7 Å². The Bertz CT molecular complexity index is 1080. The van der Waals surface area contributed by atoms with E-state index in [-0.39, 0.29) is 6.54 Å². The molecule has 0 radical (unpaired) electrons. The van der Waals surface area contributed by atoms with Crippen molar-refractivity contribution in [2.24, 2.45) is 0 Å². The maximum absolute atomic E-state index is 12.3. The number of rotatable bonds is 7. The van der Waals surface area contributed by atoms with Crippen LogP contribution in [-0.2, 0) is 15.2 Å². The van der Waals surface area contributed by atoms with E-state index in [1.807, 2.05) is 42.5 Å². The molecule has 0 aliphatic heterocycles. The molecule has 2 amide bonds. The Morgan fingerprint density at radius 1 is 0.875 bits per heavy atom. The van der Waals surface area contributed by atoms with Crippen LogP contribution in [0.15, 0.2) is 72.8 Å². The van der Waals surface area contributed by atoms with Gasteiger partial charge in [0, 0.05) is 6.07 Å². The third-order valence-corrected chi connectivity index (χ3v) is 5.07. The van der Waals surface area contributed by atoms with Gasteiger partial charge in [0.05, 0.1) is 26.5 Å². The molecule has 0 saturated carbocycles. The normalized spacial score (nSPS) is 12.4. The number of amides is 2. The van der Waals surface area contributed by atoms with Gasteiger partial charge in [0.2, 0.25) is 0 Å². The molecule has 3 aromatic carbocycles. The molecule has 7 nitrogen and oxygen atoms in total. The Kier molecular flexibility index (Phi) is 7.12. The minimum Gasteiger partial charge on any atom is -0.497 e. The second kappa shape index (κ2) is 9.98. The summed E-state index contributed by atoms with van der Waals surface area (Å²) in [5, 5.41) is 15.8. The summed E-state index contributed by atoms with van der Waals surface area (Å²) in [5.74, 6) is -0.831. The van der Waals surface area contributed by atoms with Crippen LogP contribution in [0, 0.1) is 0 Å². The highest BCUT2D eigenvalue weighted by atomic mass is 16.5. The second-order valence-electron chi connectivity index (χ2n) is 7.42. The van der Waals surface area contributed by atoms with E-state index in [1.54, 1.807) is 37.3 Å². The minimum atomic E-state index is -1.36. The second-order valence-corrected chi connectivity index (χ2v) is 7.42. The topological polar surface area (TPSA) is 96.9 Å². The van der Waals surface area contributed by atoms with Gasteiger partial charge in [0.25, 0.3) is 0 Å². The number of carbonyl (C=O) groups is 2. The van der Waals surface area contributed by atoms with Gasteiger partial charge in [-0.25, -0.2) is 0 Å². The molecule has 0 aliphatic rings. The van der Waals surface area contributed by atoms with Crippen LogP contribution in [0.25, 0.3) is 11.1 Å². The SMILES string of the molecule is COc1ccc(NC(=O)C(=O)NCC(C)(O)c2ccc(-c3ccccc3)cc2)c(OC)c1. The highest BCUT2D eigenvalue weighted by Crippen LogP contribution is 2.29. The van der Waals surface area contributed by atoms with Crippen molar-refractivity contribution in [3.05, 3.63) is 78.4 Å². The van der Waals surface area contributed by atoms with Crippen molar-refractivity contribution in [2.45, 2.75) is 12.5 Å². The fraction of sp³-hybridized carbons (Fsp3) is 0.200. The first-order chi connectivity index (χ1) is 15.3. The number of anilines is 1. The lowest BCUT2D eigenvalue weighted by molar-refractivity contribution is -0.136. The zero-order valence-electron chi connectivity index (χ0n) is 18.2. The predicted octanol–water partition coefficient (Wildman–Crippen LogP) is 3.33. The van der Waals surface area contributed by atoms with Crippen LogP contribution in [0.1, 0.15) is 12.5 Å². The van der Waals surface area contributed by atoms with E-state index >= 15 is 0 Å². The molecule has 3 N–H and O–H groups in total. The van der Waals surface area contributed by atoms with E-state index in [4.69, 9.17) is 9.47 Å². The van der Waals surface area contributed by atoms with E-state index in [9.17, 15) is 14.7 Å². The van der Waals surface area contributed by atoms with Crippen LogP contribution in [0.3, 0.4) is 0 Å². The third-order valence-electron chi connectivity index (χ3n) is 5.07. The summed E-state index contributed by atoms with van der Waals surface area (Å²) >= 11 is 0. The summed E-state index contributed by atoms with van der Waals surface area (Å²) in [6, 6.07) is 22.1. The smallest absolute Gasteiger partial charge is 0.313 e. The van der Waals surface area contributed by atoms with Gasteiger partial charge in [0.1, 0.15) is 17.1 Å². The standard InChI is InChI=1S/C25H26N2O5/c1-25(30,19-11-9-18(10-12-19)17-7-5-4-6-8-17)16-26-23(28)24(29)27-21-14-13-20(31-2)15-22(21)32-3/h4-15,30H,16H2,1-3H3,(H,26,28)(H,27,29). The molecule has 32 heavy (non-hydrogen) atoms. The number of methoxy groups -OCH3 is 2. The Labute approximate surface area is 187 Å². The number of hydrogen-bond donors (Lipinski definition) is 3. The Morgan fingerprint density at radius 2 is 1.53 bits per heavy atom. The highest BCUT2D eigenvalue weighted by Gasteiger charge is 2.26. The summed E-state index contributed by atoms with van der Waals surface area (Å²) in [6.45, 7) is 1.44. The van der Waals surface area contributed by atoms with Crippen LogP contribution in [0.2, 0.25) is 0 Å². The summed E-state index contributed by atoms with van der Waals surface area (Å²) in [4.78, 5) is 24.6. The molecule has 0 aromatic heterocycles.